The number of nitrogens with zero attached hydrogens (tertiary/aromatic N) is 3. The van der Waals surface area contributed by atoms with Crippen molar-refractivity contribution in [1.29, 1.82) is 0 Å². The normalized spacial score (nSPS) is 32.1. The molecule has 2 saturated heterocycles. The van der Waals surface area contributed by atoms with Gasteiger partial charge in [0.15, 0.2) is 5.72 Å². The molecule has 0 spiro atoms. The number of likely N-dealkylation sites (N-methyl/N-ethyl adjacent to an activating group) is 1. The Bertz CT molecular complexity index is 2180. The minimum atomic E-state index is -1.88. The van der Waals surface area contributed by atoms with Crippen molar-refractivity contribution in [1.82, 2.24) is 15.1 Å². The molecule has 4 aliphatic rings. The lowest BCUT2D eigenvalue weighted by Gasteiger charge is -2.43. The number of halogens is 1. The highest BCUT2D eigenvalue weighted by molar-refractivity contribution is 8.01. The molecule has 1 aliphatic carbocycles. The fourth-order valence-electron chi connectivity index (χ4n) is 9.70. The highest BCUT2D eigenvalue weighted by atomic mass is 35.5. The number of imide groups is 1. The number of fused-ring (bicyclic) bond motifs is 4. The van der Waals surface area contributed by atoms with Crippen LogP contribution in [-0.4, -0.2) is 148 Å². The Hall–Kier alpha value is -4.69. The third kappa shape index (κ3) is 13.6. The Kier molecular flexibility index (Phi) is 19.4. The number of rotatable bonds is 12. The first-order valence-electron chi connectivity index (χ1n) is 24.0. The quantitative estimate of drug-likeness (QED) is 0.146. The summed E-state index contributed by atoms with van der Waals surface area (Å²) < 4.78 is 21.8. The number of alkyl carbamates (subject to hydrolysis) is 1. The van der Waals surface area contributed by atoms with Crippen molar-refractivity contribution >= 4 is 70.7 Å². The SMILES string of the molecule is COc1cc2cc(c1Cl)N(C)C(=O)C[C@H](OC(=O)[C@H](C)N(C)C(=O)CCS[C@@]1(C)CC(=O)N(CC3CCC(C(=O)O)CC3)C1=O)CC[C@H](C)[C@@H](O)[C@H](C)[C@@H]1C[C@@](O)(NC(=O)O1)[C@H](OC)/C=C/C=C(\C)C2. The van der Waals surface area contributed by atoms with Crippen LogP contribution in [0.5, 0.6) is 5.75 Å². The Balaban J connectivity index is 1.30. The van der Waals surface area contributed by atoms with E-state index >= 15 is 0 Å². The van der Waals surface area contributed by atoms with E-state index in [4.69, 9.17) is 30.5 Å². The molecule has 4 bridgehead atoms. The molecule has 4 N–H and O–H groups in total. The van der Waals surface area contributed by atoms with Gasteiger partial charge in [-0.2, -0.15) is 0 Å². The number of aliphatic hydroxyl groups excluding tert-OH is 1. The number of likely N-dealkylation sites (tertiary alicyclic amines) is 1. The van der Waals surface area contributed by atoms with E-state index in [0.717, 1.165) is 11.1 Å². The van der Waals surface area contributed by atoms with Gasteiger partial charge in [0, 0.05) is 52.3 Å². The summed E-state index contributed by atoms with van der Waals surface area (Å²) in [7, 11) is 5.88. The average Bonchev–Trinajstić information content (AvgIpc) is 3.52. The summed E-state index contributed by atoms with van der Waals surface area (Å²) in [4.78, 5) is 96.4. The van der Waals surface area contributed by atoms with Crippen LogP contribution in [0.15, 0.2) is 35.9 Å². The highest BCUT2D eigenvalue weighted by Gasteiger charge is 2.50. The number of hydrogen-bond acceptors (Lipinski definition) is 14. The zero-order valence-corrected chi connectivity index (χ0v) is 43.3. The molecular formula is C50H71ClN4O14S. The third-order valence-electron chi connectivity index (χ3n) is 14.5. The number of hydrogen-bond donors (Lipinski definition) is 4. The summed E-state index contributed by atoms with van der Waals surface area (Å²) in [5.41, 5.74) is 0.114. The molecule has 20 heteroatoms. The number of esters is 1. The number of aliphatic carboxylic acids is 1. The Morgan fingerprint density at radius 1 is 1.06 bits per heavy atom. The maximum atomic E-state index is 14.2. The molecule has 3 heterocycles. The predicted molar refractivity (Wildman–Crippen MR) is 262 cm³/mol. The van der Waals surface area contributed by atoms with Crippen molar-refractivity contribution in [3.63, 3.8) is 0 Å². The Labute approximate surface area is 419 Å². The summed E-state index contributed by atoms with van der Waals surface area (Å²) in [6.45, 7) is 8.81. The first-order chi connectivity index (χ1) is 32.9. The van der Waals surface area contributed by atoms with Crippen LogP contribution in [0.4, 0.5) is 10.5 Å². The Morgan fingerprint density at radius 2 is 1.74 bits per heavy atom. The molecule has 18 nitrogen and oxygen atoms in total. The van der Waals surface area contributed by atoms with Crippen LogP contribution in [0.2, 0.25) is 5.02 Å². The number of carboxylic acids is 1. The van der Waals surface area contributed by atoms with Crippen molar-refractivity contribution in [2.24, 2.45) is 23.7 Å². The van der Waals surface area contributed by atoms with Gasteiger partial charge in [-0.05, 0) is 95.2 Å². The van der Waals surface area contributed by atoms with Crippen molar-refractivity contribution in [3.8, 4) is 5.75 Å². The smallest absolute Gasteiger partial charge is 0.409 e. The molecule has 0 aromatic heterocycles. The third-order valence-corrected chi connectivity index (χ3v) is 16.3. The molecule has 0 unspecified atom stereocenters. The van der Waals surface area contributed by atoms with E-state index in [-0.39, 0.29) is 73.6 Å². The average molecular weight is 1020 g/mol. The molecule has 3 fully saturated rings. The summed E-state index contributed by atoms with van der Waals surface area (Å²) >= 11 is 8.00. The van der Waals surface area contributed by atoms with Gasteiger partial charge in [-0.15, -0.1) is 11.8 Å². The van der Waals surface area contributed by atoms with Gasteiger partial charge in [-0.25, -0.2) is 9.59 Å². The number of aliphatic hydroxyl groups is 2. The number of ether oxygens (including phenoxy) is 4. The lowest BCUT2D eigenvalue weighted by atomic mass is 9.82. The van der Waals surface area contributed by atoms with E-state index in [1.54, 1.807) is 52.1 Å². The summed E-state index contributed by atoms with van der Waals surface area (Å²) in [5.74, 6) is -4.13. The summed E-state index contributed by atoms with van der Waals surface area (Å²) in [6.07, 6.45) is 2.76. The van der Waals surface area contributed by atoms with Crippen molar-refractivity contribution < 1.29 is 67.8 Å². The van der Waals surface area contributed by atoms with Gasteiger partial charge in [0.05, 0.1) is 37.7 Å². The maximum absolute atomic E-state index is 14.2. The number of thioether (sulfide) groups is 1. The van der Waals surface area contributed by atoms with Gasteiger partial charge in [-0.3, -0.25) is 34.2 Å². The standard InChI is InChI=1S/C50H71ClN4O14S/c1-28-11-10-12-39(67-9)50(65)25-38(69-48(64)52-50)30(3)44(59)29(2)13-18-35(24-41(57)54(7)36-22-33(21-28)23-37(66-8)43(36)51)68-46(62)31(4)53(6)40(56)19-20-70-49(5)26-42(58)55(47(49)63)27-32-14-16-34(17-15-32)45(60)61/h10-12,22-23,29-32,34-35,38-39,44,59,65H,13-21,24-27H2,1-9H3,(H,52,64)(H,60,61)/b12-10+,28-11+/t29-,30+,31-,32?,34?,35+,38-,39+,44+,49-,50-/m0/s1. The number of carbonyl (C=O) groups excluding carboxylic acids is 6. The second-order valence-electron chi connectivity index (χ2n) is 19.7. The van der Waals surface area contributed by atoms with Crippen molar-refractivity contribution in [3.05, 3.63) is 46.5 Å². The number of carbonyl (C=O) groups is 7. The highest BCUT2D eigenvalue weighted by Crippen LogP contribution is 2.40. The van der Waals surface area contributed by atoms with Crippen molar-refractivity contribution in [2.75, 3.05) is 45.5 Å². The van der Waals surface area contributed by atoms with Crippen molar-refractivity contribution in [2.45, 2.75) is 146 Å². The van der Waals surface area contributed by atoms with Gasteiger partial charge in [0.25, 0.3) is 0 Å². The number of benzene rings is 1. The van der Waals surface area contributed by atoms with Gasteiger partial charge in [-0.1, -0.05) is 49.2 Å². The lowest BCUT2D eigenvalue weighted by Crippen LogP contribution is -2.63. The van der Waals surface area contributed by atoms with Crippen LogP contribution in [0.1, 0.15) is 104 Å². The molecule has 388 valence electrons. The zero-order chi connectivity index (χ0) is 51.8. The van der Waals surface area contributed by atoms with Crippen LogP contribution < -0.4 is 15.0 Å². The van der Waals surface area contributed by atoms with Gasteiger partial charge in [0.2, 0.25) is 23.6 Å². The molecule has 0 radical (unpaired) electrons. The van der Waals surface area contributed by atoms with E-state index in [1.165, 1.54) is 54.7 Å². The summed E-state index contributed by atoms with van der Waals surface area (Å²) in [5, 5.41) is 35.4. The molecule has 5 rings (SSSR count). The molecule has 5 amide bonds. The van der Waals surface area contributed by atoms with E-state index in [9.17, 15) is 48.9 Å². The molecule has 3 aliphatic heterocycles. The fraction of sp³-hybridized carbons (Fsp3) is 0.660. The monoisotopic (exact) mass is 1020 g/mol. The predicted octanol–water partition coefficient (Wildman–Crippen LogP) is 5.67. The number of methoxy groups -OCH3 is 2. The van der Waals surface area contributed by atoms with E-state index < -0.39 is 88.5 Å². The molecule has 1 aromatic carbocycles. The van der Waals surface area contributed by atoms with Crippen LogP contribution in [0.3, 0.4) is 0 Å². The lowest BCUT2D eigenvalue weighted by molar-refractivity contribution is -0.159. The minimum absolute atomic E-state index is 0.0266. The molecule has 1 aromatic rings. The van der Waals surface area contributed by atoms with E-state index in [1.807, 2.05) is 13.0 Å². The molecule has 70 heavy (non-hydrogen) atoms. The van der Waals surface area contributed by atoms with Gasteiger partial charge in [0.1, 0.15) is 39.9 Å². The second kappa shape index (κ2) is 24.2. The zero-order valence-electron chi connectivity index (χ0n) is 41.7. The van der Waals surface area contributed by atoms with Crippen LogP contribution in [0.25, 0.3) is 0 Å². The van der Waals surface area contributed by atoms with Gasteiger partial charge >= 0.3 is 18.0 Å². The first-order valence-corrected chi connectivity index (χ1v) is 25.3. The summed E-state index contributed by atoms with van der Waals surface area (Å²) in [6, 6.07) is 2.43. The second-order valence-corrected chi connectivity index (χ2v) is 21.7. The number of allylic oxidation sites excluding steroid dienone is 3. The first kappa shape index (κ1) is 56.2. The largest absolute Gasteiger partial charge is 0.495 e. The van der Waals surface area contributed by atoms with Gasteiger partial charge < -0.3 is 44.1 Å². The van der Waals surface area contributed by atoms with Crippen LogP contribution in [0, 0.1) is 23.7 Å². The van der Waals surface area contributed by atoms with E-state index in [0.29, 0.717) is 43.5 Å². The molecule has 9 atom stereocenters. The minimum Gasteiger partial charge on any atom is -0.495 e. The molecule has 1 saturated carbocycles. The van der Waals surface area contributed by atoms with Crippen LogP contribution >= 0.6 is 23.4 Å². The maximum Gasteiger partial charge on any atom is 0.409 e. The number of nitrogens with one attached hydrogen (secondary N) is 1. The number of carboxylic acid groups (broad SMARTS) is 1. The topological polar surface area (TPSA) is 239 Å². The molecular weight excluding hydrogens is 948 g/mol. The van der Waals surface area contributed by atoms with E-state index in [2.05, 4.69) is 5.32 Å². The number of anilines is 1. The fourth-order valence-corrected chi connectivity index (χ4v) is 11.2. The Morgan fingerprint density at radius 3 is 2.39 bits per heavy atom. The van der Waals surface area contributed by atoms with Crippen LogP contribution in [-0.2, 0) is 49.4 Å². The number of amides is 5.